The van der Waals surface area contributed by atoms with Gasteiger partial charge in [0.2, 0.25) is 0 Å². The molecular formula is C15H16ClNO. The quantitative estimate of drug-likeness (QED) is 0.865. The number of phenolic OH excluding ortho intramolecular Hbond substituents is 1. The summed E-state index contributed by atoms with van der Waals surface area (Å²) in [5.74, 6) is 0.150. The van der Waals surface area contributed by atoms with Gasteiger partial charge in [-0.25, -0.2) is 0 Å². The highest BCUT2D eigenvalue weighted by atomic mass is 35.5. The lowest BCUT2D eigenvalue weighted by Crippen LogP contribution is -2.02. The highest BCUT2D eigenvalue weighted by Crippen LogP contribution is 2.28. The molecule has 0 radical (unpaired) electrons. The van der Waals surface area contributed by atoms with Crippen LogP contribution in [0.15, 0.2) is 36.4 Å². The van der Waals surface area contributed by atoms with E-state index >= 15 is 0 Å². The minimum Gasteiger partial charge on any atom is -0.506 e. The van der Waals surface area contributed by atoms with Crippen molar-refractivity contribution >= 4 is 17.3 Å². The molecule has 0 heterocycles. The van der Waals surface area contributed by atoms with Gasteiger partial charge in [-0.05, 0) is 37.1 Å². The number of phenols is 1. The lowest BCUT2D eigenvalue weighted by Gasteiger charge is -2.12. The van der Waals surface area contributed by atoms with Gasteiger partial charge in [-0.2, -0.15) is 0 Å². The zero-order chi connectivity index (χ0) is 13.1. The number of rotatable bonds is 3. The molecule has 2 N–H and O–H groups in total. The van der Waals surface area contributed by atoms with Crippen LogP contribution in [-0.2, 0) is 6.54 Å². The van der Waals surface area contributed by atoms with E-state index in [2.05, 4.69) is 25.2 Å². The fourth-order valence-corrected chi connectivity index (χ4v) is 2.03. The Morgan fingerprint density at radius 3 is 2.61 bits per heavy atom. The average Bonchev–Trinajstić information content (AvgIpc) is 2.36. The second-order valence-corrected chi connectivity index (χ2v) is 4.76. The smallest absolute Gasteiger partial charge is 0.139 e. The Morgan fingerprint density at radius 1 is 1.11 bits per heavy atom. The lowest BCUT2D eigenvalue weighted by molar-refractivity contribution is 0.469. The van der Waals surface area contributed by atoms with Crippen molar-refractivity contribution < 1.29 is 5.11 Å². The molecule has 2 aromatic rings. The fraction of sp³-hybridized carbons (Fsp3) is 0.200. The third-order valence-corrected chi connectivity index (χ3v) is 3.45. The second-order valence-electron chi connectivity index (χ2n) is 4.35. The minimum atomic E-state index is 0.150. The Hall–Kier alpha value is -1.67. The molecule has 3 heteroatoms. The van der Waals surface area contributed by atoms with Gasteiger partial charge in [0.1, 0.15) is 5.75 Å². The summed E-state index contributed by atoms with van der Waals surface area (Å²) in [6, 6.07) is 11.5. The molecule has 0 aliphatic heterocycles. The van der Waals surface area contributed by atoms with Crippen molar-refractivity contribution in [2.45, 2.75) is 20.4 Å². The maximum atomic E-state index is 9.83. The maximum absolute atomic E-state index is 9.83. The summed E-state index contributed by atoms with van der Waals surface area (Å²) in [4.78, 5) is 0. The molecule has 0 aromatic heterocycles. The molecule has 0 unspecified atom stereocenters. The predicted octanol–water partition coefficient (Wildman–Crippen LogP) is 4.27. The molecule has 0 aliphatic rings. The Balaban J connectivity index is 2.17. The van der Waals surface area contributed by atoms with E-state index in [0.29, 0.717) is 11.6 Å². The maximum Gasteiger partial charge on any atom is 0.139 e. The van der Waals surface area contributed by atoms with Crippen LogP contribution in [0.2, 0.25) is 5.02 Å². The first-order valence-corrected chi connectivity index (χ1v) is 6.24. The Morgan fingerprint density at radius 2 is 1.83 bits per heavy atom. The average molecular weight is 262 g/mol. The first-order chi connectivity index (χ1) is 8.59. The largest absolute Gasteiger partial charge is 0.506 e. The summed E-state index contributed by atoms with van der Waals surface area (Å²) in [5, 5.41) is 13.5. The highest BCUT2D eigenvalue weighted by Gasteiger charge is 2.06. The Kier molecular flexibility index (Phi) is 3.78. The number of benzene rings is 2. The van der Waals surface area contributed by atoms with Crippen molar-refractivity contribution in [2.75, 3.05) is 5.32 Å². The third-order valence-electron chi connectivity index (χ3n) is 3.14. The molecule has 0 bridgehead atoms. The Labute approximate surface area is 112 Å². The van der Waals surface area contributed by atoms with E-state index in [0.717, 1.165) is 11.3 Å². The summed E-state index contributed by atoms with van der Waals surface area (Å²) in [7, 11) is 0. The topological polar surface area (TPSA) is 32.3 Å². The molecule has 0 spiro atoms. The van der Waals surface area contributed by atoms with Gasteiger partial charge in [-0.1, -0.05) is 35.9 Å². The number of aromatic hydroxyl groups is 1. The number of halogens is 1. The van der Waals surface area contributed by atoms with Crippen molar-refractivity contribution in [3.8, 4) is 5.75 Å². The monoisotopic (exact) mass is 261 g/mol. The van der Waals surface area contributed by atoms with Crippen molar-refractivity contribution in [1.82, 2.24) is 0 Å². The van der Waals surface area contributed by atoms with E-state index in [1.54, 1.807) is 6.07 Å². The van der Waals surface area contributed by atoms with Crippen molar-refractivity contribution in [2.24, 2.45) is 0 Å². The van der Waals surface area contributed by atoms with E-state index in [1.165, 1.54) is 11.1 Å². The van der Waals surface area contributed by atoms with Gasteiger partial charge >= 0.3 is 0 Å². The van der Waals surface area contributed by atoms with E-state index in [9.17, 15) is 5.11 Å². The zero-order valence-electron chi connectivity index (χ0n) is 10.5. The zero-order valence-corrected chi connectivity index (χ0v) is 11.3. The number of aryl methyl sites for hydroxylation is 1. The van der Waals surface area contributed by atoms with Gasteiger partial charge in [-0.3, -0.25) is 0 Å². The molecule has 2 rings (SSSR count). The van der Waals surface area contributed by atoms with Gasteiger partial charge in [-0.15, -0.1) is 0 Å². The van der Waals surface area contributed by atoms with Gasteiger partial charge in [0.15, 0.2) is 0 Å². The number of anilines is 1. The normalized spacial score (nSPS) is 10.4. The summed E-state index contributed by atoms with van der Waals surface area (Å²) < 4.78 is 0. The molecule has 0 atom stereocenters. The SMILES string of the molecule is Cc1cccc(NCc2cccc(Cl)c2O)c1C. The van der Waals surface area contributed by atoms with Crippen LogP contribution in [0.1, 0.15) is 16.7 Å². The molecule has 0 saturated heterocycles. The number of hydrogen-bond acceptors (Lipinski definition) is 2. The molecule has 18 heavy (non-hydrogen) atoms. The molecule has 2 nitrogen and oxygen atoms in total. The molecule has 2 aromatic carbocycles. The van der Waals surface area contributed by atoms with Crippen LogP contribution >= 0.6 is 11.6 Å². The summed E-state index contributed by atoms with van der Waals surface area (Å²) in [6.45, 7) is 4.71. The summed E-state index contributed by atoms with van der Waals surface area (Å²) in [5.41, 5.74) is 4.34. The van der Waals surface area contributed by atoms with Crippen molar-refractivity contribution in [3.63, 3.8) is 0 Å². The molecule has 94 valence electrons. The number of para-hydroxylation sites is 1. The third kappa shape index (κ3) is 2.59. The van der Waals surface area contributed by atoms with Crippen LogP contribution in [0.4, 0.5) is 5.69 Å². The van der Waals surface area contributed by atoms with Crippen LogP contribution in [0, 0.1) is 13.8 Å². The molecule has 0 fully saturated rings. The fourth-order valence-electron chi connectivity index (χ4n) is 1.84. The lowest BCUT2D eigenvalue weighted by atomic mass is 10.1. The Bertz CT molecular complexity index is 515. The van der Waals surface area contributed by atoms with E-state index in [1.807, 2.05) is 24.3 Å². The number of hydrogen-bond donors (Lipinski definition) is 2. The molecular weight excluding hydrogens is 246 g/mol. The van der Waals surface area contributed by atoms with Crippen molar-refractivity contribution in [1.29, 1.82) is 0 Å². The standard InChI is InChI=1S/C15H16ClNO/c1-10-5-3-8-14(11(10)2)17-9-12-6-4-7-13(16)15(12)18/h3-8,17-18H,9H2,1-2H3. The van der Waals surface area contributed by atoms with Crippen LogP contribution in [0.25, 0.3) is 0 Å². The van der Waals surface area contributed by atoms with Gasteiger partial charge < -0.3 is 10.4 Å². The first-order valence-electron chi connectivity index (χ1n) is 5.86. The van der Waals surface area contributed by atoms with Gasteiger partial charge in [0, 0.05) is 17.8 Å². The van der Waals surface area contributed by atoms with Crippen LogP contribution in [0.3, 0.4) is 0 Å². The molecule has 0 amide bonds. The summed E-state index contributed by atoms with van der Waals surface area (Å²) >= 11 is 5.87. The van der Waals surface area contributed by atoms with Crippen molar-refractivity contribution in [3.05, 3.63) is 58.1 Å². The van der Waals surface area contributed by atoms with Gasteiger partial charge in [0.25, 0.3) is 0 Å². The first kappa shape index (κ1) is 12.8. The number of nitrogens with one attached hydrogen (secondary N) is 1. The second kappa shape index (κ2) is 5.32. The van der Waals surface area contributed by atoms with E-state index in [-0.39, 0.29) is 5.75 Å². The molecule has 0 aliphatic carbocycles. The molecule has 0 saturated carbocycles. The van der Waals surface area contributed by atoms with Crippen LogP contribution in [0.5, 0.6) is 5.75 Å². The van der Waals surface area contributed by atoms with E-state index in [4.69, 9.17) is 11.6 Å². The summed E-state index contributed by atoms with van der Waals surface area (Å²) in [6.07, 6.45) is 0. The van der Waals surface area contributed by atoms with Gasteiger partial charge in [0.05, 0.1) is 5.02 Å². The van der Waals surface area contributed by atoms with Crippen LogP contribution < -0.4 is 5.32 Å². The van der Waals surface area contributed by atoms with Crippen LogP contribution in [-0.4, -0.2) is 5.11 Å². The van der Waals surface area contributed by atoms with E-state index < -0.39 is 0 Å². The highest BCUT2D eigenvalue weighted by molar-refractivity contribution is 6.32. The predicted molar refractivity (Wildman–Crippen MR) is 76.4 cm³/mol. The minimum absolute atomic E-state index is 0.150.